The van der Waals surface area contributed by atoms with E-state index in [2.05, 4.69) is 27.2 Å². The van der Waals surface area contributed by atoms with Gasteiger partial charge in [-0.2, -0.15) is 0 Å². The van der Waals surface area contributed by atoms with E-state index in [1.807, 2.05) is 12.1 Å². The maximum absolute atomic E-state index is 5.59. The van der Waals surface area contributed by atoms with E-state index < -0.39 is 0 Å². The molecule has 0 saturated carbocycles. The van der Waals surface area contributed by atoms with Crippen LogP contribution >= 0.6 is 0 Å². The standard InChI is InChI=1S/C13H19N5/c1-2-10(5-6-14)9-17-12-4-3-11-13(18-12)16-8-7-15-11/h3-4,7-8,10H,2,5-6,9,14H2,1H3,(H,16,17,18). The Bertz CT molecular complexity index is 499. The van der Waals surface area contributed by atoms with Crippen LogP contribution in [0.5, 0.6) is 0 Å². The molecule has 1 atom stereocenters. The minimum absolute atomic E-state index is 0.592. The van der Waals surface area contributed by atoms with Crippen molar-refractivity contribution in [2.24, 2.45) is 11.7 Å². The second-order valence-electron chi connectivity index (χ2n) is 4.33. The molecule has 5 nitrogen and oxygen atoms in total. The Balaban J connectivity index is 2.03. The summed E-state index contributed by atoms with van der Waals surface area (Å²) in [4.78, 5) is 12.8. The zero-order valence-corrected chi connectivity index (χ0v) is 10.6. The van der Waals surface area contributed by atoms with Crippen LogP contribution in [0.2, 0.25) is 0 Å². The molecule has 18 heavy (non-hydrogen) atoms. The van der Waals surface area contributed by atoms with Crippen molar-refractivity contribution < 1.29 is 0 Å². The Labute approximate surface area is 107 Å². The third kappa shape index (κ3) is 3.13. The smallest absolute Gasteiger partial charge is 0.180 e. The lowest BCUT2D eigenvalue weighted by atomic mass is 10.0. The topological polar surface area (TPSA) is 76.7 Å². The molecule has 0 aliphatic rings. The van der Waals surface area contributed by atoms with Crippen molar-refractivity contribution in [1.29, 1.82) is 0 Å². The summed E-state index contributed by atoms with van der Waals surface area (Å²) in [7, 11) is 0. The fourth-order valence-corrected chi connectivity index (χ4v) is 1.89. The van der Waals surface area contributed by atoms with Crippen molar-refractivity contribution in [3.63, 3.8) is 0 Å². The van der Waals surface area contributed by atoms with Gasteiger partial charge in [-0.25, -0.2) is 9.97 Å². The highest BCUT2D eigenvalue weighted by molar-refractivity contribution is 5.71. The zero-order chi connectivity index (χ0) is 12.8. The van der Waals surface area contributed by atoms with Crippen LogP contribution in [0.15, 0.2) is 24.5 Å². The van der Waals surface area contributed by atoms with Gasteiger partial charge in [0.2, 0.25) is 0 Å². The largest absolute Gasteiger partial charge is 0.370 e. The highest BCUT2D eigenvalue weighted by Crippen LogP contribution is 2.12. The van der Waals surface area contributed by atoms with E-state index in [4.69, 9.17) is 5.73 Å². The molecule has 0 aliphatic heterocycles. The Morgan fingerprint density at radius 2 is 2.11 bits per heavy atom. The predicted molar refractivity (Wildman–Crippen MR) is 73.3 cm³/mol. The van der Waals surface area contributed by atoms with Crippen molar-refractivity contribution in [3.8, 4) is 0 Å². The van der Waals surface area contributed by atoms with Gasteiger partial charge in [-0.3, -0.25) is 4.98 Å². The van der Waals surface area contributed by atoms with Gasteiger partial charge in [-0.05, 0) is 31.0 Å². The van der Waals surface area contributed by atoms with Gasteiger partial charge in [0.15, 0.2) is 5.65 Å². The number of hydrogen-bond donors (Lipinski definition) is 2. The van der Waals surface area contributed by atoms with Crippen molar-refractivity contribution in [2.75, 3.05) is 18.4 Å². The summed E-state index contributed by atoms with van der Waals surface area (Å²) in [5, 5.41) is 3.34. The lowest BCUT2D eigenvalue weighted by Gasteiger charge is -2.14. The summed E-state index contributed by atoms with van der Waals surface area (Å²) in [5.74, 6) is 1.44. The number of nitrogens with zero attached hydrogens (tertiary/aromatic N) is 3. The molecule has 5 heteroatoms. The number of nitrogens with two attached hydrogens (primary N) is 1. The minimum Gasteiger partial charge on any atom is -0.370 e. The number of aromatic nitrogens is 3. The average Bonchev–Trinajstić information content (AvgIpc) is 2.43. The lowest BCUT2D eigenvalue weighted by molar-refractivity contribution is 0.501. The average molecular weight is 245 g/mol. The summed E-state index contributed by atoms with van der Waals surface area (Å²) in [5.41, 5.74) is 7.08. The first-order valence-corrected chi connectivity index (χ1v) is 6.35. The van der Waals surface area contributed by atoms with Gasteiger partial charge in [-0.15, -0.1) is 0 Å². The van der Waals surface area contributed by atoms with Crippen molar-refractivity contribution >= 4 is 17.0 Å². The van der Waals surface area contributed by atoms with Crippen LogP contribution in [-0.4, -0.2) is 28.0 Å². The molecule has 2 heterocycles. The van der Waals surface area contributed by atoms with Crippen LogP contribution in [0.4, 0.5) is 5.82 Å². The number of hydrogen-bond acceptors (Lipinski definition) is 5. The number of anilines is 1. The molecule has 0 aromatic carbocycles. The Morgan fingerprint density at radius 1 is 1.28 bits per heavy atom. The maximum atomic E-state index is 5.59. The number of fused-ring (bicyclic) bond motifs is 1. The van der Waals surface area contributed by atoms with E-state index in [1.165, 1.54) is 0 Å². The first kappa shape index (κ1) is 12.7. The van der Waals surface area contributed by atoms with Crippen LogP contribution < -0.4 is 11.1 Å². The van der Waals surface area contributed by atoms with E-state index in [-0.39, 0.29) is 0 Å². The molecule has 1 unspecified atom stereocenters. The third-order valence-electron chi connectivity index (χ3n) is 3.06. The molecular weight excluding hydrogens is 226 g/mol. The summed E-state index contributed by atoms with van der Waals surface area (Å²) in [6.45, 7) is 3.81. The Kier molecular flexibility index (Phi) is 4.41. The van der Waals surface area contributed by atoms with Crippen LogP contribution in [0, 0.1) is 5.92 Å². The van der Waals surface area contributed by atoms with Gasteiger partial charge in [0.25, 0.3) is 0 Å². The molecule has 0 amide bonds. The Hall–Kier alpha value is -1.75. The summed E-state index contributed by atoms with van der Waals surface area (Å²) >= 11 is 0. The van der Waals surface area contributed by atoms with Gasteiger partial charge in [0, 0.05) is 18.9 Å². The lowest BCUT2D eigenvalue weighted by Crippen LogP contribution is -2.17. The van der Waals surface area contributed by atoms with E-state index in [0.29, 0.717) is 11.6 Å². The first-order valence-electron chi connectivity index (χ1n) is 6.35. The first-order chi connectivity index (χ1) is 8.83. The van der Waals surface area contributed by atoms with Gasteiger partial charge in [0.1, 0.15) is 11.3 Å². The minimum atomic E-state index is 0.592. The fraction of sp³-hybridized carbons (Fsp3) is 0.462. The molecule has 3 N–H and O–H groups in total. The SMILES string of the molecule is CCC(CCN)CNc1ccc2nccnc2n1. The fourth-order valence-electron chi connectivity index (χ4n) is 1.89. The number of pyridine rings is 1. The maximum Gasteiger partial charge on any atom is 0.180 e. The van der Waals surface area contributed by atoms with E-state index >= 15 is 0 Å². The quantitative estimate of drug-likeness (QED) is 0.811. The van der Waals surface area contributed by atoms with Crippen LogP contribution in [0.3, 0.4) is 0 Å². The van der Waals surface area contributed by atoms with Gasteiger partial charge < -0.3 is 11.1 Å². The molecule has 96 valence electrons. The molecule has 0 radical (unpaired) electrons. The predicted octanol–water partition coefficient (Wildman–Crippen LogP) is 1.81. The van der Waals surface area contributed by atoms with Crippen LogP contribution in [-0.2, 0) is 0 Å². The molecule has 2 rings (SSSR count). The molecule has 0 saturated heterocycles. The Morgan fingerprint density at radius 3 is 2.89 bits per heavy atom. The van der Waals surface area contributed by atoms with Gasteiger partial charge >= 0.3 is 0 Å². The third-order valence-corrected chi connectivity index (χ3v) is 3.06. The van der Waals surface area contributed by atoms with Crippen molar-refractivity contribution in [3.05, 3.63) is 24.5 Å². The second kappa shape index (κ2) is 6.26. The molecule has 0 fully saturated rings. The van der Waals surface area contributed by atoms with Gasteiger partial charge in [-0.1, -0.05) is 13.3 Å². The van der Waals surface area contributed by atoms with E-state index in [1.54, 1.807) is 12.4 Å². The van der Waals surface area contributed by atoms with Crippen molar-refractivity contribution in [1.82, 2.24) is 15.0 Å². The summed E-state index contributed by atoms with van der Waals surface area (Å²) in [6.07, 6.45) is 5.49. The molecule has 2 aromatic heterocycles. The highest BCUT2D eigenvalue weighted by atomic mass is 15.0. The monoisotopic (exact) mass is 245 g/mol. The zero-order valence-electron chi connectivity index (χ0n) is 10.6. The van der Waals surface area contributed by atoms with Crippen molar-refractivity contribution in [2.45, 2.75) is 19.8 Å². The molecule has 0 aliphatic carbocycles. The molecule has 0 spiro atoms. The van der Waals surface area contributed by atoms with E-state index in [0.717, 1.165) is 37.3 Å². The molecule has 0 bridgehead atoms. The number of nitrogens with one attached hydrogen (secondary N) is 1. The highest BCUT2D eigenvalue weighted by Gasteiger charge is 2.06. The molecule has 2 aromatic rings. The summed E-state index contributed by atoms with van der Waals surface area (Å²) < 4.78 is 0. The normalized spacial score (nSPS) is 12.6. The summed E-state index contributed by atoms with van der Waals surface area (Å²) in [6, 6.07) is 3.87. The van der Waals surface area contributed by atoms with E-state index in [9.17, 15) is 0 Å². The molecular formula is C13H19N5. The van der Waals surface area contributed by atoms with Gasteiger partial charge in [0.05, 0.1) is 0 Å². The van der Waals surface area contributed by atoms with Crippen LogP contribution in [0.1, 0.15) is 19.8 Å². The second-order valence-corrected chi connectivity index (χ2v) is 4.33. The number of rotatable bonds is 6. The van der Waals surface area contributed by atoms with Crippen LogP contribution in [0.25, 0.3) is 11.2 Å².